The number of rotatable bonds is 5. The molecule has 128 valence electrons. The quantitative estimate of drug-likeness (QED) is 0.871. The van der Waals surface area contributed by atoms with Crippen molar-refractivity contribution in [2.75, 3.05) is 25.5 Å². The number of carbonyl (C=O) groups is 1. The van der Waals surface area contributed by atoms with Crippen molar-refractivity contribution in [2.24, 2.45) is 0 Å². The highest BCUT2D eigenvalue weighted by molar-refractivity contribution is 5.97. The maximum atomic E-state index is 12.5. The van der Waals surface area contributed by atoms with Crippen LogP contribution in [0, 0.1) is 0 Å². The van der Waals surface area contributed by atoms with E-state index in [1.54, 1.807) is 7.11 Å². The van der Waals surface area contributed by atoms with E-state index in [1.165, 1.54) is 0 Å². The summed E-state index contributed by atoms with van der Waals surface area (Å²) in [5, 5.41) is 6.39. The van der Waals surface area contributed by atoms with Crippen LogP contribution in [0.3, 0.4) is 0 Å². The maximum Gasteiger partial charge on any atom is 0.251 e. The van der Waals surface area contributed by atoms with Crippen LogP contribution in [0.1, 0.15) is 27.9 Å². The van der Waals surface area contributed by atoms with Crippen molar-refractivity contribution in [3.05, 3.63) is 59.2 Å². The highest BCUT2D eigenvalue weighted by atomic mass is 35.5. The third-order valence-electron chi connectivity index (χ3n) is 4.17. The van der Waals surface area contributed by atoms with Crippen LogP contribution >= 0.6 is 12.4 Å². The molecule has 1 amide bonds. The fraction of sp³-hybridized carbons (Fsp3) is 0.316. The van der Waals surface area contributed by atoms with E-state index in [4.69, 9.17) is 4.74 Å². The highest BCUT2D eigenvalue weighted by Crippen LogP contribution is 2.25. The number of hydrogen-bond acceptors (Lipinski definition) is 3. The van der Waals surface area contributed by atoms with Crippen LogP contribution in [0.25, 0.3) is 0 Å². The van der Waals surface area contributed by atoms with Gasteiger partial charge in [-0.2, -0.15) is 0 Å². The summed E-state index contributed by atoms with van der Waals surface area (Å²) in [6.07, 6.45) is 2.82. The molecule has 0 unspecified atom stereocenters. The summed E-state index contributed by atoms with van der Waals surface area (Å²) in [7, 11) is 1.66. The molecule has 0 aliphatic carbocycles. The smallest absolute Gasteiger partial charge is 0.251 e. The average Bonchev–Trinajstić information content (AvgIpc) is 2.61. The number of hydrogen-bond donors (Lipinski definition) is 2. The molecule has 1 heterocycles. The minimum Gasteiger partial charge on any atom is -0.497 e. The molecular weight excluding hydrogens is 324 g/mol. The van der Waals surface area contributed by atoms with Crippen molar-refractivity contribution >= 4 is 24.0 Å². The minimum absolute atomic E-state index is 0. The van der Waals surface area contributed by atoms with Crippen LogP contribution in [0.5, 0.6) is 5.75 Å². The zero-order valence-electron chi connectivity index (χ0n) is 13.8. The lowest BCUT2D eigenvalue weighted by Gasteiger charge is -2.20. The molecule has 4 nitrogen and oxygen atoms in total. The summed E-state index contributed by atoms with van der Waals surface area (Å²) in [6.45, 7) is 1.59. The van der Waals surface area contributed by atoms with E-state index in [0.717, 1.165) is 53.9 Å². The standard InChI is InChI=1S/C19H22N2O2.ClH/c1-23-15-6-2-5-14(13-15)10-12-21-19(22)17-7-3-9-18-16(17)8-4-11-20-18;/h2-3,5-7,9,13,20H,4,8,10-12H2,1H3,(H,21,22);1H. The predicted molar refractivity (Wildman–Crippen MR) is 99.5 cm³/mol. The summed E-state index contributed by atoms with van der Waals surface area (Å²) in [4.78, 5) is 12.5. The number of nitrogens with one attached hydrogen (secondary N) is 2. The molecule has 0 aromatic heterocycles. The Bertz CT molecular complexity index is 704. The van der Waals surface area contributed by atoms with E-state index in [2.05, 4.69) is 10.6 Å². The Hall–Kier alpha value is -2.20. The zero-order valence-corrected chi connectivity index (χ0v) is 14.6. The van der Waals surface area contributed by atoms with Gasteiger partial charge in [0.15, 0.2) is 0 Å². The fourth-order valence-corrected chi connectivity index (χ4v) is 2.97. The molecule has 0 atom stereocenters. The maximum absolute atomic E-state index is 12.5. The first-order chi connectivity index (χ1) is 11.3. The molecule has 24 heavy (non-hydrogen) atoms. The molecule has 0 radical (unpaired) electrons. The van der Waals surface area contributed by atoms with Crippen LogP contribution in [-0.2, 0) is 12.8 Å². The number of fused-ring (bicyclic) bond motifs is 1. The van der Waals surface area contributed by atoms with Crippen LogP contribution < -0.4 is 15.4 Å². The number of ether oxygens (including phenoxy) is 1. The van der Waals surface area contributed by atoms with Crippen LogP contribution in [-0.4, -0.2) is 26.1 Å². The van der Waals surface area contributed by atoms with Gasteiger partial charge in [0.2, 0.25) is 0 Å². The van der Waals surface area contributed by atoms with Gasteiger partial charge in [0, 0.05) is 24.3 Å². The molecule has 5 heteroatoms. The largest absolute Gasteiger partial charge is 0.497 e. The van der Waals surface area contributed by atoms with Gasteiger partial charge in [-0.3, -0.25) is 4.79 Å². The van der Waals surface area contributed by atoms with Crippen LogP contribution in [0.4, 0.5) is 5.69 Å². The highest BCUT2D eigenvalue weighted by Gasteiger charge is 2.16. The Morgan fingerprint density at radius 2 is 2.08 bits per heavy atom. The Labute approximate surface area is 149 Å². The summed E-state index contributed by atoms with van der Waals surface area (Å²) in [5.74, 6) is 0.852. The van der Waals surface area contributed by atoms with Gasteiger partial charge in [-0.05, 0) is 54.7 Å². The van der Waals surface area contributed by atoms with Crippen LogP contribution in [0.15, 0.2) is 42.5 Å². The number of benzene rings is 2. The molecule has 2 aromatic rings. The van der Waals surface area contributed by atoms with Gasteiger partial charge < -0.3 is 15.4 Å². The number of halogens is 1. The van der Waals surface area contributed by atoms with Crippen molar-refractivity contribution < 1.29 is 9.53 Å². The van der Waals surface area contributed by atoms with Crippen molar-refractivity contribution in [1.82, 2.24) is 5.32 Å². The summed E-state index contributed by atoms with van der Waals surface area (Å²) in [6, 6.07) is 13.8. The number of anilines is 1. The summed E-state index contributed by atoms with van der Waals surface area (Å²) < 4.78 is 5.22. The lowest BCUT2D eigenvalue weighted by Crippen LogP contribution is -2.27. The lowest BCUT2D eigenvalue weighted by molar-refractivity contribution is 0.0953. The summed E-state index contributed by atoms with van der Waals surface area (Å²) in [5.41, 5.74) is 4.18. The van der Waals surface area contributed by atoms with E-state index in [0.29, 0.717) is 6.54 Å². The molecular formula is C19H23ClN2O2. The predicted octanol–water partition coefficient (Wildman–Crippen LogP) is 3.45. The van der Waals surface area contributed by atoms with Gasteiger partial charge in [-0.15, -0.1) is 12.4 Å². The first kappa shape index (κ1) is 18.1. The van der Waals surface area contributed by atoms with E-state index in [-0.39, 0.29) is 18.3 Å². The average molecular weight is 347 g/mol. The van der Waals surface area contributed by atoms with Crippen LogP contribution in [0.2, 0.25) is 0 Å². The van der Waals surface area contributed by atoms with E-state index in [1.807, 2.05) is 42.5 Å². The summed E-state index contributed by atoms with van der Waals surface area (Å²) >= 11 is 0. The normalized spacial score (nSPS) is 12.4. The van der Waals surface area contributed by atoms with Gasteiger partial charge in [0.1, 0.15) is 5.75 Å². The second-order valence-electron chi connectivity index (χ2n) is 5.72. The van der Waals surface area contributed by atoms with Gasteiger partial charge in [0.05, 0.1) is 7.11 Å². The Balaban J connectivity index is 0.00000208. The topological polar surface area (TPSA) is 50.4 Å². The molecule has 0 saturated heterocycles. The minimum atomic E-state index is 0. The van der Waals surface area contributed by atoms with Gasteiger partial charge in [-0.1, -0.05) is 18.2 Å². The molecule has 0 spiro atoms. The van der Waals surface area contributed by atoms with Crippen molar-refractivity contribution in [3.63, 3.8) is 0 Å². The molecule has 1 aliphatic heterocycles. The third-order valence-corrected chi connectivity index (χ3v) is 4.17. The second kappa shape index (κ2) is 8.60. The molecule has 0 saturated carbocycles. The van der Waals surface area contributed by atoms with Crippen molar-refractivity contribution in [2.45, 2.75) is 19.3 Å². The number of carbonyl (C=O) groups excluding carboxylic acids is 1. The molecule has 0 fully saturated rings. The molecule has 2 aromatic carbocycles. The molecule has 0 bridgehead atoms. The monoisotopic (exact) mass is 346 g/mol. The van der Waals surface area contributed by atoms with Crippen molar-refractivity contribution in [1.29, 1.82) is 0 Å². The Morgan fingerprint density at radius 3 is 2.92 bits per heavy atom. The van der Waals surface area contributed by atoms with Gasteiger partial charge >= 0.3 is 0 Å². The van der Waals surface area contributed by atoms with E-state index < -0.39 is 0 Å². The second-order valence-corrected chi connectivity index (χ2v) is 5.72. The van der Waals surface area contributed by atoms with Crippen molar-refractivity contribution in [3.8, 4) is 5.75 Å². The third kappa shape index (κ3) is 4.20. The zero-order chi connectivity index (χ0) is 16.1. The lowest BCUT2D eigenvalue weighted by atomic mass is 9.97. The Kier molecular flexibility index (Phi) is 6.50. The number of methoxy groups -OCH3 is 1. The van der Waals surface area contributed by atoms with Gasteiger partial charge in [0.25, 0.3) is 5.91 Å². The van der Waals surface area contributed by atoms with E-state index >= 15 is 0 Å². The molecule has 3 rings (SSSR count). The molecule has 1 aliphatic rings. The first-order valence-corrected chi connectivity index (χ1v) is 8.05. The fourth-order valence-electron chi connectivity index (χ4n) is 2.97. The Morgan fingerprint density at radius 1 is 1.25 bits per heavy atom. The first-order valence-electron chi connectivity index (χ1n) is 8.05. The SMILES string of the molecule is COc1cccc(CCNC(=O)c2cccc3c2CCCN3)c1.Cl. The molecule has 2 N–H and O–H groups in total. The van der Waals surface area contributed by atoms with Gasteiger partial charge in [-0.25, -0.2) is 0 Å². The van der Waals surface area contributed by atoms with E-state index in [9.17, 15) is 4.79 Å². The number of amides is 1.